The molecule has 0 fully saturated rings. The fourth-order valence-corrected chi connectivity index (χ4v) is 2.92. The first-order chi connectivity index (χ1) is 8.72. The van der Waals surface area contributed by atoms with E-state index in [1.165, 1.54) is 4.70 Å². The standard InChI is InChI=1S/C14H17N3S/c1-3-17(9-11(2)8-15)10-14-16-12-6-4-5-7-13(12)18-14/h4-7,11H,3,9-10H2,1-2H3. The van der Waals surface area contributed by atoms with Gasteiger partial charge in [0, 0.05) is 6.54 Å². The molecule has 0 aliphatic carbocycles. The molecule has 4 heteroatoms. The van der Waals surface area contributed by atoms with E-state index in [2.05, 4.69) is 28.9 Å². The van der Waals surface area contributed by atoms with Crippen LogP contribution in [0.3, 0.4) is 0 Å². The molecular formula is C14H17N3S. The molecule has 0 radical (unpaired) electrons. The maximum atomic E-state index is 8.87. The quantitative estimate of drug-likeness (QED) is 0.827. The molecule has 18 heavy (non-hydrogen) atoms. The van der Waals surface area contributed by atoms with Gasteiger partial charge in [0.05, 0.1) is 28.7 Å². The van der Waals surface area contributed by atoms with E-state index < -0.39 is 0 Å². The van der Waals surface area contributed by atoms with Crippen molar-refractivity contribution in [2.45, 2.75) is 20.4 Å². The molecule has 0 aliphatic heterocycles. The Hall–Kier alpha value is -1.44. The Morgan fingerprint density at radius 1 is 1.44 bits per heavy atom. The van der Waals surface area contributed by atoms with Gasteiger partial charge in [-0.2, -0.15) is 5.26 Å². The normalized spacial score (nSPS) is 12.8. The lowest BCUT2D eigenvalue weighted by atomic mass is 10.2. The Morgan fingerprint density at radius 2 is 2.22 bits per heavy atom. The first kappa shape index (κ1) is 13.0. The first-order valence-electron chi connectivity index (χ1n) is 6.19. The number of thiazole rings is 1. The Kier molecular flexibility index (Phi) is 4.29. The highest BCUT2D eigenvalue weighted by Gasteiger charge is 2.11. The SMILES string of the molecule is CCN(Cc1nc2ccccc2s1)CC(C)C#N. The third-order valence-corrected chi connectivity index (χ3v) is 3.92. The van der Waals surface area contributed by atoms with Crippen molar-refractivity contribution in [3.05, 3.63) is 29.3 Å². The maximum absolute atomic E-state index is 8.87. The lowest BCUT2D eigenvalue weighted by Gasteiger charge is -2.19. The number of para-hydroxylation sites is 1. The molecule has 1 aromatic heterocycles. The van der Waals surface area contributed by atoms with Gasteiger partial charge in [-0.25, -0.2) is 4.98 Å². The third-order valence-electron chi connectivity index (χ3n) is 2.90. The van der Waals surface area contributed by atoms with Crippen molar-refractivity contribution >= 4 is 21.6 Å². The van der Waals surface area contributed by atoms with Crippen LogP contribution in [0.15, 0.2) is 24.3 Å². The van der Waals surface area contributed by atoms with Crippen molar-refractivity contribution in [1.29, 1.82) is 5.26 Å². The lowest BCUT2D eigenvalue weighted by Crippen LogP contribution is -2.27. The molecule has 0 aliphatic rings. The fourth-order valence-electron chi connectivity index (χ4n) is 1.91. The number of hydrogen-bond donors (Lipinski definition) is 0. The number of nitriles is 1. The van der Waals surface area contributed by atoms with Crippen molar-refractivity contribution in [3.8, 4) is 6.07 Å². The smallest absolute Gasteiger partial charge is 0.108 e. The summed E-state index contributed by atoms with van der Waals surface area (Å²) in [6.45, 7) is 6.67. The fraction of sp³-hybridized carbons (Fsp3) is 0.429. The van der Waals surface area contributed by atoms with Gasteiger partial charge >= 0.3 is 0 Å². The Labute approximate surface area is 112 Å². The molecule has 0 bridgehead atoms. The second kappa shape index (κ2) is 5.94. The van der Waals surface area contributed by atoms with Crippen LogP contribution in [0.5, 0.6) is 0 Å². The molecule has 3 nitrogen and oxygen atoms in total. The van der Waals surface area contributed by atoms with Gasteiger partial charge in [0.25, 0.3) is 0 Å². The van der Waals surface area contributed by atoms with E-state index >= 15 is 0 Å². The van der Waals surface area contributed by atoms with Gasteiger partial charge in [-0.05, 0) is 25.6 Å². The molecule has 1 aromatic carbocycles. The van der Waals surface area contributed by atoms with E-state index in [-0.39, 0.29) is 5.92 Å². The summed E-state index contributed by atoms with van der Waals surface area (Å²) in [6, 6.07) is 10.5. The molecule has 0 amide bonds. The third kappa shape index (κ3) is 3.06. The summed E-state index contributed by atoms with van der Waals surface area (Å²) in [5.41, 5.74) is 1.07. The van der Waals surface area contributed by atoms with Crippen molar-refractivity contribution in [1.82, 2.24) is 9.88 Å². The highest BCUT2D eigenvalue weighted by Crippen LogP contribution is 2.22. The van der Waals surface area contributed by atoms with E-state index in [9.17, 15) is 0 Å². The minimum absolute atomic E-state index is 0.0688. The highest BCUT2D eigenvalue weighted by molar-refractivity contribution is 7.18. The summed E-state index contributed by atoms with van der Waals surface area (Å²) in [7, 11) is 0. The second-order valence-electron chi connectivity index (χ2n) is 4.43. The maximum Gasteiger partial charge on any atom is 0.108 e. The number of nitrogens with zero attached hydrogens (tertiary/aromatic N) is 3. The molecule has 0 N–H and O–H groups in total. The van der Waals surface area contributed by atoms with Crippen LogP contribution in [0.1, 0.15) is 18.9 Å². The van der Waals surface area contributed by atoms with E-state index in [0.29, 0.717) is 0 Å². The predicted molar refractivity (Wildman–Crippen MR) is 75.3 cm³/mol. The summed E-state index contributed by atoms with van der Waals surface area (Å²) in [6.07, 6.45) is 0. The summed E-state index contributed by atoms with van der Waals surface area (Å²) in [4.78, 5) is 6.90. The number of benzene rings is 1. The Bertz CT molecular complexity index is 522. The number of fused-ring (bicyclic) bond motifs is 1. The zero-order chi connectivity index (χ0) is 13.0. The van der Waals surface area contributed by atoms with Crippen molar-refractivity contribution in [2.24, 2.45) is 5.92 Å². The number of aromatic nitrogens is 1. The van der Waals surface area contributed by atoms with E-state index in [1.54, 1.807) is 11.3 Å². The van der Waals surface area contributed by atoms with E-state index in [1.807, 2.05) is 25.1 Å². The number of rotatable bonds is 5. The van der Waals surface area contributed by atoms with Crippen molar-refractivity contribution in [3.63, 3.8) is 0 Å². The molecule has 94 valence electrons. The van der Waals surface area contributed by atoms with Gasteiger partial charge < -0.3 is 0 Å². The van der Waals surface area contributed by atoms with E-state index in [0.717, 1.165) is 30.2 Å². The minimum Gasteiger partial charge on any atom is -0.296 e. The van der Waals surface area contributed by atoms with Gasteiger partial charge in [0.2, 0.25) is 0 Å². The molecule has 0 saturated carbocycles. The van der Waals surface area contributed by atoms with Gasteiger partial charge in [-0.1, -0.05) is 19.1 Å². The molecular weight excluding hydrogens is 242 g/mol. The highest BCUT2D eigenvalue weighted by atomic mass is 32.1. The minimum atomic E-state index is 0.0688. The molecule has 0 spiro atoms. The van der Waals surface area contributed by atoms with Crippen LogP contribution in [-0.2, 0) is 6.54 Å². The molecule has 1 unspecified atom stereocenters. The van der Waals surface area contributed by atoms with Gasteiger partial charge in [-0.3, -0.25) is 4.90 Å². The van der Waals surface area contributed by atoms with Crippen LogP contribution in [0.4, 0.5) is 0 Å². The van der Waals surface area contributed by atoms with Gasteiger partial charge in [0.15, 0.2) is 0 Å². The van der Waals surface area contributed by atoms with Gasteiger partial charge in [0.1, 0.15) is 5.01 Å². The molecule has 0 saturated heterocycles. The lowest BCUT2D eigenvalue weighted by molar-refractivity contribution is 0.260. The van der Waals surface area contributed by atoms with E-state index in [4.69, 9.17) is 5.26 Å². The molecule has 1 atom stereocenters. The first-order valence-corrected chi connectivity index (χ1v) is 7.01. The van der Waals surface area contributed by atoms with Crippen LogP contribution < -0.4 is 0 Å². The largest absolute Gasteiger partial charge is 0.296 e. The Morgan fingerprint density at radius 3 is 2.89 bits per heavy atom. The summed E-state index contributed by atoms with van der Waals surface area (Å²) in [5, 5.41) is 10.00. The monoisotopic (exact) mass is 259 g/mol. The van der Waals surface area contributed by atoms with Gasteiger partial charge in [-0.15, -0.1) is 11.3 Å². The van der Waals surface area contributed by atoms with Crippen LogP contribution in [0.25, 0.3) is 10.2 Å². The summed E-state index contributed by atoms with van der Waals surface area (Å²) < 4.78 is 1.23. The van der Waals surface area contributed by atoms with Crippen LogP contribution in [0, 0.1) is 17.2 Å². The van der Waals surface area contributed by atoms with Crippen LogP contribution in [-0.4, -0.2) is 23.0 Å². The molecule has 2 aromatic rings. The topological polar surface area (TPSA) is 39.9 Å². The Balaban J connectivity index is 2.09. The average molecular weight is 259 g/mol. The second-order valence-corrected chi connectivity index (χ2v) is 5.55. The van der Waals surface area contributed by atoms with Crippen LogP contribution >= 0.6 is 11.3 Å². The zero-order valence-electron chi connectivity index (χ0n) is 10.8. The number of hydrogen-bond acceptors (Lipinski definition) is 4. The summed E-state index contributed by atoms with van der Waals surface area (Å²) >= 11 is 1.74. The molecule has 2 rings (SSSR count). The molecule has 1 heterocycles. The van der Waals surface area contributed by atoms with Crippen molar-refractivity contribution < 1.29 is 0 Å². The predicted octanol–water partition coefficient (Wildman–Crippen LogP) is 3.28. The summed E-state index contributed by atoms with van der Waals surface area (Å²) in [5.74, 6) is 0.0688. The van der Waals surface area contributed by atoms with Crippen LogP contribution in [0.2, 0.25) is 0 Å². The zero-order valence-corrected chi connectivity index (χ0v) is 11.6. The average Bonchev–Trinajstić information content (AvgIpc) is 2.79. The van der Waals surface area contributed by atoms with Crippen molar-refractivity contribution in [2.75, 3.05) is 13.1 Å².